The molecule has 4 aromatic carbocycles. The van der Waals surface area contributed by atoms with Crippen LogP contribution in [0.5, 0.6) is 23.0 Å². The summed E-state index contributed by atoms with van der Waals surface area (Å²) in [5.41, 5.74) is 1.28. The second-order valence-electron chi connectivity index (χ2n) is 6.11. The van der Waals surface area contributed by atoms with Gasteiger partial charge in [-0.05, 0) is 46.3 Å². The molecule has 0 saturated heterocycles. The topological polar surface area (TPSA) is 18.5 Å². The number of hydrogen-bond donors (Lipinski definition) is 0. The number of benzene rings is 4. The zero-order chi connectivity index (χ0) is 16.1. The van der Waals surface area contributed by atoms with E-state index < -0.39 is 0 Å². The van der Waals surface area contributed by atoms with Crippen molar-refractivity contribution >= 4 is 21.5 Å². The molecule has 0 atom stereocenters. The van der Waals surface area contributed by atoms with Crippen molar-refractivity contribution in [2.24, 2.45) is 0 Å². The molecule has 24 heavy (non-hydrogen) atoms. The largest absolute Gasteiger partial charge is 0.449 e. The van der Waals surface area contributed by atoms with E-state index in [2.05, 4.69) is 55.5 Å². The van der Waals surface area contributed by atoms with Crippen molar-refractivity contribution in [3.63, 3.8) is 0 Å². The monoisotopic (exact) mass is 312 g/mol. The summed E-state index contributed by atoms with van der Waals surface area (Å²) in [7, 11) is 0. The molecule has 0 N–H and O–H groups in total. The molecule has 0 radical (unpaired) electrons. The lowest BCUT2D eigenvalue weighted by molar-refractivity contribution is 0.364. The van der Waals surface area contributed by atoms with Gasteiger partial charge in [0.15, 0.2) is 23.0 Å². The number of rotatable bonds is 1. The van der Waals surface area contributed by atoms with Gasteiger partial charge in [-0.1, -0.05) is 55.5 Å². The van der Waals surface area contributed by atoms with Crippen molar-refractivity contribution in [1.29, 1.82) is 0 Å². The average Bonchev–Trinajstić information content (AvgIpc) is 2.64. The molecule has 0 unspecified atom stereocenters. The minimum atomic E-state index is 0.774. The quantitative estimate of drug-likeness (QED) is 0.354. The van der Waals surface area contributed by atoms with E-state index in [9.17, 15) is 0 Å². The second kappa shape index (κ2) is 5.00. The standard InChI is InChI=1S/C22H16O2/c1-2-14-11-21-22(18-10-6-5-9-17(14)18)24-20-13-16-8-4-3-7-15(16)12-19(20)23-21/h3-13H,2H2,1H3. The Morgan fingerprint density at radius 2 is 1.29 bits per heavy atom. The Balaban J connectivity index is 1.76. The molecule has 1 aliphatic heterocycles. The molecule has 1 heterocycles. The molecule has 2 heteroatoms. The third-order valence-corrected chi connectivity index (χ3v) is 4.67. The fourth-order valence-electron chi connectivity index (χ4n) is 3.46. The predicted octanol–water partition coefficient (Wildman–Crippen LogP) is 6.45. The van der Waals surface area contributed by atoms with Crippen molar-refractivity contribution in [2.45, 2.75) is 13.3 Å². The van der Waals surface area contributed by atoms with E-state index in [0.29, 0.717) is 0 Å². The fourth-order valence-corrected chi connectivity index (χ4v) is 3.46. The number of hydrogen-bond acceptors (Lipinski definition) is 2. The maximum atomic E-state index is 6.27. The SMILES string of the molecule is CCc1cc2c(c3ccccc13)Oc1cc3ccccc3cc1O2. The molecule has 0 aromatic heterocycles. The fraction of sp³-hybridized carbons (Fsp3) is 0.0909. The molecule has 2 nitrogen and oxygen atoms in total. The first-order valence-corrected chi connectivity index (χ1v) is 8.26. The van der Waals surface area contributed by atoms with Gasteiger partial charge in [-0.15, -0.1) is 0 Å². The van der Waals surface area contributed by atoms with Gasteiger partial charge in [0.1, 0.15) is 0 Å². The number of ether oxygens (including phenoxy) is 2. The van der Waals surface area contributed by atoms with Crippen LogP contribution < -0.4 is 9.47 Å². The molecular formula is C22H16O2. The van der Waals surface area contributed by atoms with E-state index in [1.807, 2.05) is 18.2 Å². The summed E-state index contributed by atoms with van der Waals surface area (Å²) >= 11 is 0. The third kappa shape index (κ3) is 1.89. The normalized spacial score (nSPS) is 12.4. The van der Waals surface area contributed by atoms with Crippen molar-refractivity contribution in [3.8, 4) is 23.0 Å². The van der Waals surface area contributed by atoms with Crippen LogP contribution in [-0.4, -0.2) is 0 Å². The first-order valence-electron chi connectivity index (χ1n) is 8.26. The lowest BCUT2D eigenvalue weighted by atomic mass is 10.0. The van der Waals surface area contributed by atoms with E-state index in [-0.39, 0.29) is 0 Å². The van der Waals surface area contributed by atoms with E-state index in [0.717, 1.165) is 45.6 Å². The molecule has 1 aliphatic rings. The highest BCUT2D eigenvalue weighted by molar-refractivity contribution is 5.95. The third-order valence-electron chi connectivity index (χ3n) is 4.67. The van der Waals surface area contributed by atoms with Crippen LogP contribution in [0.3, 0.4) is 0 Å². The highest BCUT2D eigenvalue weighted by Crippen LogP contribution is 2.50. The van der Waals surface area contributed by atoms with Crippen LogP contribution in [-0.2, 0) is 6.42 Å². The highest BCUT2D eigenvalue weighted by Gasteiger charge is 2.23. The van der Waals surface area contributed by atoms with Gasteiger partial charge < -0.3 is 9.47 Å². The summed E-state index contributed by atoms with van der Waals surface area (Å²) in [6.07, 6.45) is 0.960. The van der Waals surface area contributed by atoms with Crippen LogP contribution in [0.25, 0.3) is 21.5 Å². The average molecular weight is 312 g/mol. The Morgan fingerprint density at radius 1 is 0.667 bits per heavy atom. The lowest BCUT2D eigenvalue weighted by Gasteiger charge is -2.23. The first-order chi connectivity index (χ1) is 11.8. The van der Waals surface area contributed by atoms with Gasteiger partial charge in [0.25, 0.3) is 0 Å². The number of fused-ring (bicyclic) bond motifs is 5. The van der Waals surface area contributed by atoms with Gasteiger partial charge in [-0.2, -0.15) is 0 Å². The van der Waals surface area contributed by atoms with Crippen LogP contribution in [0.2, 0.25) is 0 Å². The Bertz CT molecular complexity index is 1100. The summed E-state index contributed by atoms with van der Waals surface area (Å²) < 4.78 is 12.5. The van der Waals surface area contributed by atoms with Crippen molar-refractivity contribution < 1.29 is 9.47 Å². The predicted molar refractivity (Wildman–Crippen MR) is 97.4 cm³/mol. The zero-order valence-corrected chi connectivity index (χ0v) is 13.4. The van der Waals surface area contributed by atoms with Crippen molar-refractivity contribution in [3.05, 3.63) is 72.3 Å². The van der Waals surface area contributed by atoms with Gasteiger partial charge in [0.05, 0.1) is 0 Å². The maximum Gasteiger partial charge on any atom is 0.177 e. The summed E-state index contributed by atoms with van der Waals surface area (Å²) in [4.78, 5) is 0. The molecule has 0 aliphatic carbocycles. The first kappa shape index (κ1) is 13.4. The van der Waals surface area contributed by atoms with Crippen LogP contribution in [0, 0.1) is 0 Å². The van der Waals surface area contributed by atoms with E-state index in [1.54, 1.807) is 0 Å². The Labute approximate surface area is 140 Å². The number of aryl methyl sites for hydroxylation is 1. The summed E-state index contributed by atoms with van der Waals surface area (Å²) in [6, 6.07) is 22.8. The Hall–Kier alpha value is -3.00. The van der Waals surface area contributed by atoms with Crippen LogP contribution in [0.1, 0.15) is 12.5 Å². The van der Waals surface area contributed by atoms with Gasteiger partial charge in [0, 0.05) is 5.39 Å². The zero-order valence-electron chi connectivity index (χ0n) is 13.4. The molecular weight excluding hydrogens is 296 g/mol. The molecule has 0 fully saturated rings. The minimum Gasteiger partial charge on any atom is -0.449 e. The van der Waals surface area contributed by atoms with E-state index in [4.69, 9.17) is 9.47 Å². The second-order valence-corrected chi connectivity index (χ2v) is 6.11. The molecule has 116 valence electrons. The van der Waals surface area contributed by atoms with Crippen LogP contribution in [0.4, 0.5) is 0 Å². The van der Waals surface area contributed by atoms with Crippen LogP contribution in [0.15, 0.2) is 66.7 Å². The smallest absolute Gasteiger partial charge is 0.177 e. The van der Waals surface area contributed by atoms with Gasteiger partial charge in [-0.25, -0.2) is 0 Å². The summed E-state index contributed by atoms with van der Waals surface area (Å²) in [5.74, 6) is 3.16. The molecule has 0 saturated carbocycles. The van der Waals surface area contributed by atoms with Crippen molar-refractivity contribution in [1.82, 2.24) is 0 Å². The van der Waals surface area contributed by atoms with Gasteiger partial charge >= 0.3 is 0 Å². The van der Waals surface area contributed by atoms with Crippen molar-refractivity contribution in [2.75, 3.05) is 0 Å². The van der Waals surface area contributed by atoms with Crippen LogP contribution >= 0.6 is 0 Å². The summed E-state index contributed by atoms with van der Waals surface area (Å²) in [5, 5.41) is 4.63. The lowest BCUT2D eigenvalue weighted by Crippen LogP contribution is -2.01. The Morgan fingerprint density at radius 3 is 2.00 bits per heavy atom. The molecule has 0 amide bonds. The molecule has 0 bridgehead atoms. The minimum absolute atomic E-state index is 0.774. The highest BCUT2D eigenvalue weighted by atomic mass is 16.6. The van der Waals surface area contributed by atoms with Gasteiger partial charge in [-0.3, -0.25) is 0 Å². The molecule has 4 aromatic rings. The molecule has 0 spiro atoms. The van der Waals surface area contributed by atoms with E-state index in [1.165, 1.54) is 10.9 Å². The van der Waals surface area contributed by atoms with Gasteiger partial charge in [0.2, 0.25) is 0 Å². The molecule has 5 rings (SSSR count). The Kier molecular flexibility index (Phi) is 2.80. The maximum absolute atomic E-state index is 6.27. The summed E-state index contributed by atoms with van der Waals surface area (Å²) in [6.45, 7) is 2.17. The van der Waals surface area contributed by atoms with E-state index >= 15 is 0 Å².